The minimum atomic E-state index is -1.21. The molecule has 21 heavy (non-hydrogen) atoms. The summed E-state index contributed by atoms with van der Waals surface area (Å²) in [6, 6.07) is 3.01. The van der Waals surface area contributed by atoms with E-state index in [1.165, 1.54) is 6.07 Å². The van der Waals surface area contributed by atoms with Gasteiger partial charge < -0.3 is 19.9 Å². The number of aromatic carboxylic acids is 2. The van der Waals surface area contributed by atoms with E-state index >= 15 is 0 Å². The first-order valence-corrected chi connectivity index (χ1v) is 6.78. The molecule has 3 heterocycles. The molecule has 1 aliphatic heterocycles. The Labute approximate surface area is 120 Å². The Hall–Kier alpha value is -2.41. The molecule has 2 aromatic rings. The molecular formula is C14H15N3O4. The second-order valence-electron chi connectivity index (χ2n) is 5.09. The normalized spacial score (nSPS) is 16.2. The lowest BCUT2D eigenvalue weighted by Crippen LogP contribution is -2.27. The summed E-state index contributed by atoms with van der Waals surface area (Å²) in [5.74, 6) is -1.59. The number of carboxylic acids is 2. The van der Waals surface area contributed by atoms with Crippen molar-refractivity contribution in [3.05, 3.63) is 35.4 Å². The number of nitrogens with one attached hydrogen (secondary N) is 1. The van der Waals surface area contributed by atoms with Crippen molar-refractivity contribution in [2.45, 2.75) is 18.8 Å². The van der Waals surface area contributed by atoms with Gasteiger partial charge in [-0.25, -0.2) is 14.6 Å². The Morgan fingerprint density at radius 1 is 1.24 bits per heavy atom. The summed E-state index contributed by atoms with van der Waals surface area (Å²) in [6.07, 6.45) is 3.39. The number of rotatable bonds is 3. The number of carboxylic acid groups (broad SMARTS) is 2. The van der Waals surface area contributed by atoms with Gasteiger partial charge in [-0.05, 0) is 38.1 Å². The first-order chi connectivity index (χ1) is 10.1. The van der Waals surface area contributed by atoms with Gasteiger partial charge in [0.2, 0.25) is 0 Å². The van der Waals surface area contributed by atoms with Crippen LogP contribution in [-0.4, -0.2) is 44.6 Å². The van der Waals surface area contributed by atoms with E-state index in [1.54, 1.807) is 16.7 Å². The fourth-order valence-electron chi connectivity index (χ4n) is 2.85. The molecule has 1 fully saturated rings. The van der Waals surface area contributed by atoms with E-state index in [4.69, 9.17) is 0 Å². The zero-order chi connectivity index (χ0) is 15.0. The van der Waals surface area contributed by atoms with Crippen molar-refractivity contribution in [1.29, 1.82) is 0 Å². The number of imidazole rings is 1. The van der Waals surface area contributed by atoms with Crippen molar-refractivity contribution in [1.82, 2.24) is 14.7 Å². The maximum absolute atomic E-state index is 11.4. The number of hydrogen-bond donors (Lipinski definition) is 3. The number of nitrogens with zero attached hydrogens (tertiary/aromatic N) is 2. The van der Waals surface area contributed by atoms with Crippen LogP contribution in [0.25, 0.3) is 5.52 Å². The van der Waals surface area contributed by atoms with Gasteiger partial charge in [-0.1, -0.05) is 0 Å². The maximum Gasteiger partial charge on any atom is 0.356 e. The molecule has 0 saturated carbocycles. The van der Waals surface area contributed by atoms with Crippen molar-refractivity contribution in [3.8, 4) is 0 Å². The van der Waals surface area contributed by atoms with E-state index in [2.05, 4.69) is 10.3 Å². The lowest BCUT2D eigenvalue weighted by molar-refractivity contribution is 0.0691. The fraction of sp³-hybridized carbons (Fsp3) is 0.357. The Morgan fingerprint density at radius 2 is 1.95 bits per heavy atom. The molecule has 7 nitrogen and oxygen atoms in total. The second-order valence-corrected chi connectivity index (χ2v) is 5.09. The smallest absolute Gasteiger partial charge is 0.356 e. The molecule has 0 aromatic carbocycles. The molecule has 110 valence electrons. The Kier molecular flexibility index (Phi) is 3.34. The Balaban J connectivity index is 2.24. The van der Waals surface area contributed by atoms with Crippen LogP contribution < -0.4 is 5.32 Å². The first-order valence-electron chi connectivity index (χ1n) is 6.78. The molecule has 0 unspecified atom stereocenters. The summed E-state index contributed by atoms with van der Waals surface area (Å²) in [4.78, 5) is 27.0. The molecule has 0 atom stereocenters. The lowest BCUT2D eigenvalue weighted by Gasteiger charge is -2.21. The van der Waals surface area contributed by atoms with Crippen LogP contribution in [0, 0.1) is 0 Å². The van der Waals surface area contributed by atoms with Crippen LogP contribution >= 0.6 is 0 Å². The highest BCUT2D eigenvalue weighted by Gasteiger charge is 2.26. The predicted octanol–water partition coefficient (Wildman–Crippen LogP) is 1.20. The first kappa shape index (κ1) is 13.6. The van der Waals surface area contributed by atoms with E-state index in [1.807, 2.05) is 0 Å². The van der Waals surface area contributed by atoms with Crippen molar-refractivity contribution in [2.24, 2.45) is 0 Å². The summed E-state index contributed by atoms with van der Waals surface area (Å²) in [5.41, 5.74) is -0.0739. The predicted molar refractivity (Wildman–Crippen MR) is 74.0 cm³/mol. The highest BCUT2D eigenvalue weighted by Crippen LogP contribution is 2.28. The zero-order valence-corrected chi connectivity index (χ0v) is 11.2. The van der Waals surface area contributed by atoms with E-state index in [9.17, 15) is 19.8 Å². The molecule has 1 saturated heterocycles. The van der Waals surface area contributed by atoms with Gasteiger partial charge in [-0.2, -0.15) is 0 Å². The summed E-state index contributed by atoms with van der Waals surface area (Å²) < 4.78 is 1.61. The Morgan fingerprint density at radius 3 is 2.57 bits per heavy atom. The van der Waals surface area contributed by atoms with Crippen LogP contribution in [0.5, 0.6) is 0 Å². The van der Waals surface area contributed by atoms with Gasteiger partial charge in [0.25, 0.3) is 0 Å². The number of fused-ring (bicyclic) bond motifs is 1. The number of piperidine rings is 1. The van der Waals surface area contributed by atoms with Gasteiger partial charge in [0.15, 0.2) is 5.69 Å². The van der Waals surface area contributed by atoms with E-state index in [0.29, 0.717) is 5.82 Å². The molecule has 3 rings (SSSR count). The summed E-state index contributed by atoms with van der Waals surface area (Å²) >= 11 is 0. The molecule has 0 spiro atoms. The van der Waals surface area contributed by atoms with Crippen LogP contribution in [0.4, 0.5) is 0 Å². The highest BCUT2D eigenvalue weighted by molar-refractivity contribution is 6.03. The molecule has 0 radical (unpaired) electrons. The van der Waals surface area contributed by atoms with Crippen LogP contribution in [0.15, 0.2) is 18.3 Å². The third-order valence-electron chi connectivity index (χ3n) is 3.83. The van der Waals surface area contributed by atoms with Crippen LogP contribution in [0.3, 0.4) is 0 Å². The molecule has 0 amide bonds. The van der Waals surface area contributed by atoms with Gasteiger partial charge in [0.05, 0.1) is 11.1 Å². The summed E-state index contributed by atoms with van der Waals surface area (Å²) in [6.45, 7) is 1.70. The summed E-state index contributed by atoms with van der Waals surface area (Å²) in [5, 5.41) is 21.8. The van der Waals surface area contributed by atoms with Gasteiger partial charge in [0, 0.05) is 12.1 Å². The largest absolute Gasteiger partial charge is 0.478 e. The third kappa shape index (κ3) is 2.25. The SMILES string of the molecule is O=C(O)c1cccn2c(C3CCNCC3)nc(C(=O)O)c12. The average Bonchev–Trinajstić information content (AvgIpc) is 2.87. The lowest BCUT2D eigenvalue weighted by atomic mass is 9.97. The van der Waals surface area contributed by atoms with Gasteiger partial charge >= 0.3 is 11.9 Å². The molecule has 7 heteroatoms. The minimum Gasteiger partial charge on any atom is -0.478 e. The van der Waals surface area contributed by atoms with E-state index in [0.717, 1.165) is 25.9 Å². The van der Waals surface area contributed by atoms with Gasteiger partial charge in [0.1, 0.15) is 5.82 Å². The van der Waals surface area contributed by atoms with Gasteiger partial charge in [-0.3, -0.25) is 0 Å². The molecule has 3 N–H and O–H groups in total. The van der Waals surface area contributed by atoms with E-state index < -0.39 is 11.9 Å². The molecule has 2 aromatic heterocycles. The highest BCUT2D eigenvalue weighted by atomic mass is 16.4. The monoisotopic (exact) mass is 289 g/mol. The summed E-state index contributed by atoms with van der Waals surface area (Å²) in [7, 11) is 0. The number of aromatic nitrogens is 2. The number of hydrogen-bond acceptors (Lipinski definition) is 4. The van der Waals surface area contributed by atoms with Crippen LogP contribution in [-0.2, 0) is 0 Å². The number of pyridine rings is 1. The quantitative estimate of drug-likeness (QED) is 0.784. The van der Waals surface area contributed by atoms with Crippen molar-refractivity contribution >= 4 is 17.5 Å². The van der Waals surface area contributed by atoms with Crippen LogP contribution in [0.1, 0.15) is 45.4 Å². The molecule has 0 bridgehead atoms. The topological polar surface area (TPSA) is 104 Å². The van der Waals surface area contributed by atoms with Crippen LogP contribution in [0.2, 0.25) is 0 Å². The van der Waals surface area contributed by atoms with Gasteiger partial charge in [-0.15, -0.1) is 0 Å². The molecular weight excluding hydrogens is 274 g/mol. The molecule has 1 aliphatic rings. The standard InChI is InChI=1S/C14H15N3O4/c18-13(19)9-2-1-7-17-11(9)10(14(20)21)16-12(17)8-3-5-15-6-4-8/h1-2,7-8,15H,3-6H2,(H,18,19)(H,20,21). The zero-order valence-electron chi connectivity index (χ0n) is 11.2. The Bertz CT molecular complexity index is 716. The third-order valence-corrected chi connectivity index (χ3v) is 3.83. The fourth-order valence-corrected chi connectivity index (χ4v) is 2.85. The van der Waals surface area contributed by atoms with Crippen molar-refractivity contribution in [2.75, 3.05) is 13.1 Å². The van der Waals surface area contributed by atoms with Crippen molar-refractivity contribution in [3.63, 3.8) is 0 Å². The second kappa shape index (κ2) is 5.17. The number of carbonyl (C=O) groups is 2. The average molecular weight is 289 g/mol. The molecule has 0 aliphatic carbocycles. The van der Waals surface area contributed by atoms with E-state index in [-0.39, 0.29) is 22.7 Å². The maximum atomic E-state index is 11.4. The minimum absolute atomic E-state index is 0.0393. The van der Waals surface area contributed by atoms with Crippen molar-refractivity contribution < 1.29 is 19.8 Å².